The molecule has 0 bridgehead atoms. The summed E-state index contributed by atoms with van der Waals surface area (Å²) in [7, 11) is 0. The van der Waals surface area contributed by atoms with Gasteiger partial charge < -0.3 is 5.32 Å². The Hall–Kier alpha value is -1.67. The monoisotopic (exact) mass is 212 g/mol. The molecule has 0 saturated heterocycles. The van der Waals surface area contributed by atoms with Crippen molar-refractivity contribution in [1.82, 2.24) is 10.3 Å². The Morgan fingerprint density at radius 2 is 2.12 bits per heavy atom. The Bertz CT molecular complexity index is 484. The highest BCUT2D eigenvalue weighted by molar-refractivity contribution is 5.86. The van der Waals surface area contributed by atoms with Gasteiger partial charge in [0.2, 0.25) is 0 Å². The molecular formula is C14H16N2. The molecule has 2 rings (SSSR count). The van der Waals surface area contributed by atoms with Crippen molar-refractivity contribution in [2.24, 2.45) is 0 Å². The minimum Gasteiger partial charge on any atom is -0.314 e. The number of nitrogens with zero attached hydrogens (tertiary/aromatic N) is 1. The van der Waals surface area contributed by atoms with E-state index in [1.807, 2.05) is 12.3 Å². The van der Waals surface area contributed by atoms with Gasteiger partial charge in [0.25, 0.3) is 0 Å². The molecule has 0 aliphatic heterocycles. The van der Waals surface area contributed by atoms with Crippen molar-refractivity contribution >= 4 is 17.0 Å². The number of aromatic nitrogens is 1. The summed E-state index contributed by atoms with van der Waals surface area (Å²) in [4.78, 5) is 4.41. The predicted molar refractivity (Wildman–Crippen MR) is 69.3 cm³/mol. The fourth-order valence-corrected chi connectivity index (χ4v) is 1.68. The second kappa shape index (κ2) is 5.42. The number of likely N-dealkylation sites (N-methyl/N-ethyl adjacent to an activating group) is 1. The smallest absolute Gasteiger partial charge is 0.0774 e. The Morgan fingerprint density at radius 1 is 1.25 bits per heavy atom. The zero-order valence-electron chi connectivity index (χ0n) is 9.48. The first-order valence-electron chi connectivity index (χ1n) is 5.63. The van der Waals surface area contributed by atoms with Gasteiger partial charge in [-0.05, 0) is 12.6 Å². The molecule has 0 aliphatic rings. The predicted octanol–water partition coefficient (Wildman–Crippen LogP) is 2.86. The number of hydrogen-bond acceptors (Lipinski definition) is 2. The lowest BCUT2D eigenvalue weighted by atomic mass is 10.1. The maximum Gasteiger partial charge on any atom is 0.0774 e. The summed E-state index contributed by atoms with van der Waals surface area (Å²) < 4.78 is 0. The van der Waals surface area contributed by atoms with Crippen LogP contribution >= 0.6 is 0 Å². The van der Waals surface area contributed by atoms with Crippen LogP contribution in [0.2, 0.25) is 0 Å². The van der Waals surface area contributed by atoms with Crippen LogP contribution in [0.15, 0.2) is 42.6 Å². The molecule has 1 heterocycles. The van der Waals surface area contributed by atoms with Crippen molar-refractivity contribution < 1.29 is 0 Å². The highest BCUT2D eigenvalue weighted by Gasteiger charge is 1.96. The van der Waals surface area contributed by atoms with Crippen molar-refractivity contribution in [2.45, 2.75) is 6.92 Å². The summed E-state index contributed by atoms with van der Waals surface area (Å²) in [6.07, 6.45) is 6.09. The van der Waals surface area contributed by atoms with Gasteiger partial charge in [0.15, 0.2) is 0 Å². The van der Waals surface area contributed by atoms with E-state index in [2.05, 4.69) is 53.6 Å². The topological polar surface area (TPSA) is 24.9 Å². The Morgan fingerprint density at radius 3 is 3.00 bits per heavy atom. The first-order valence-corrected chi connectivity index (χ1v) is 5.63. The molecule has 1 N–H and O–H groups in total. The highest BCUT2D eigenvalue weighted by Crippen LogP contribution is 2.16. The molecule has 82 valence electrons. The molecule has 0 unspecified atom stereocenters. The first kappa shape index (κ1) is 10.8. The lowest BCUT2D eigenvalue weighted by Gasteiger charge is -2.00. The standard InChI is InChI=1S/C14H16N2/c1-2-15-10-4-8-12-6-3-7-13-9-5-11-16-14(12)13/h3-9,11,15H,2,10H2,1H3. The molecule has 1 aromatic heterocycles. The largest absolute Gasteiger partial charge is 0.314 e. The van der Waals surface area contributed by atoms with Crippen molar-refractivity contribution in [3.05, 3.63) is 48.2 Å². The van der Waals surface area contributed by atoms with Crippen LogP contribution in [0.1, 0.15) is 12.5 Å². The van der Waals surface area contributed by atoms with Gasteiger partial charge in [-0.25, -0.2) is 0 Å². The number of benzene rings is 1. The van der Waals surface area contributed by atoms with E-state index in [-0.39, 0.29) is 0 Å². The number of fused-ring (bicyclic) bond motifs is 1. The van der Waals surface area contributed by atoms with Crippen LogP contribution in [-0.4, -0.2) is 18.1 Å². The minimum absolute atomic E-state index is 0.903. The molecule has 0 radical (unpaired) electrons. The molecule has 0 fully saturated rings. The number of pyridine rings is 1. The fourth-order valence-electron chi connectivity index (χ4n) is 1.68. The molecule has 0 atom stereocenters. The van der Waals surface area contributed by atoms with Gasteiger partial charge in [0, 0.05) is 23.7 Å². The molecule has 0 aliphatic carbocycles. The maximum absolute atomic E-state index is 4.41. The van der Waals surface area contributed by atoms with Gasteiger partial charge in [-0.2, -0.15) is 0 Å². The van der Waals surface area contributed by atoms with Gasteiger partial charge in [-0.1, -0.05) is 43.3 Å². The number of nitrogens with one attached hydrogen (secondary N) is 1. The van der Waals surface area contributed by atoms with E-state index in [1.165, 1.54) is 10.9 Å². The lowest BCUT2D eigenvalue weighted by molar-refractivity contribution is 0.801. The average molecular weight is 212 g/mol. The van der Waals surface area contributed by atoms with Crippen LogP contribution < -0.4 is 5.32 Å². The van der Waals surface area contributed by atoms with E-state index < -0.39 is 0 Å². The Labute approximate surface area is 96.0 Å². The summed E-state index contributed by atoms with van der Waals surface area (Å²) >= 11 is 0. The third-order valence-corrected chi connectivity index (χ3v) is 2.47. The zero-order chi connectivity index (χ0) is 11.2. The van der Waals surface area contributed by atoms with Crippen molar-refractivity contribution in [1.29, 1.82) is 0 Å². The molecule has 0 saturated carbocycles. The van der Waals surface area contributed by atoms with Gasteiger partial charge in [0.05, 0.1) is 5.52 Å². The van der Waals surface area contributed by atoms with Crippen LogP contribution in [0.5, 0.6) is 0 Å². The summed E-state index contributed by atoms with van der Waals surface area (Å²) in [6, 6.07) is 10.3. The van der Waals surface area contributed by atoms with Crippen LogP contribution in [0, 0.1) is 0 Å². The minimum atomic E-state index is 0.903. The van der Waals surface area contributed by atoms with Crippen molar-refractivity contribution in [3.8, 4) is 0 Å². The van der Waals surface area contributed by atoms with Gasteiger partial charge >= 0.3 is 0 Å². The molecular weight excluding hydrogens is 196 g/mol. The fraction of sp³-hybridized carbons (Fsp3) is 0.214. The summed E-state index contributed by atoms with van der Waals surface area (Å²) in [5.74, 6) is 0. The Kier molecular flexibility index (Phi) is 3.67. The number of para-hydroxylation sites is 1. The number of rotatable bonds is 4. The molecule has 16 heavy (non-hydrogen) atoms. The van der Waals surface area contributed by atoms with Crippen LogP contribution in [-0.2, 0) is 0 Å². The second-order valence-electron chi connectivity index (χ2n) is 3.63. The summed E-state index contributed by atoms with van der Waals surface area (Å²) in [5.41, 5.74) is 2.24. The lowest BCUT2D eigenvalue weighted by Crippen LogP contribution is -2.11. The van der Waals surface area contributed by atoms with Crippen LogP contribution in [0.3, 0.4) is 0 Å². The van der Waals surface area contributed by atoms with Gasteiger partial charge in [-0.15, -0.1) is 0 Å². The van der Waals surface area contributed by atoms with E-state index in [0.29, 0.717) is 0 Å². The summed E-state index contributed by atoms with van der Waals surface area (Å²) in [5, 5.41) is 4.45. The average Bonchev–Trinajstić information content (AvgIpc) is 2.35. The molecule has 2 nitrogen and oxygen atoms in total. The van der Waals surface area contributed by atoms with E-state index in [0.717, 1.165) is 18.6 Å². The van der Waals surface area contributed by atoms with E-state index >= 15 is 0 Å². The molecule has 0 spiro atoms. The third-order valence-electron chi connectivity index (χ3n) is 2.47. The quantitative estimate of drug-likeness (QED) is 0.788. The van der Waals surface area contributed by atoms with Crippen LogP contribution in [0.4, 0.5) is 0 Å². The molecule has 2 heteroatoms. The molecule has 2 aromatic rings. The zero-order valence-corrected chi connectivity index (χ0v) is 9.48. The normalized spacial score (nSPS) is 11.3. The molecule has 0 amide bonds. The van der Waals surface area contributed by atoms with Gasteiger partial charge in [-0.3, -0.25) is 4.98 Å². The van der Waals surface area contributed by atoms with Gasteiger partial charge in [0.1, 0.15) is 0 Å². The number of hydrogen-bond donors (Lipinski definition) is 1. The third kappa shape index (κ3) is 2.47. The highest BCUT2D eigenvalue weighted by atomic mass is 14.8. The second-order valence-corrected chi connectivity index (χ2v) is 3.63. The first-order chi connectivity index (χ1) is 7.92. The maximum atomic E-state index is 4.41. The van der Waals surface area contributed by atoms with Crippen molar-refractivity contribution in [2.75, 3.05) is 13.1 Å². The van der Waals surface area contributed by atoms with E-state index in [1.54, 1.807) is 0 Å². The molecule has 1 aromatic carbocycles. The summed E-state index contributed by atoms with van der Waals surface area (Å²) in [6.45, 7) is 4.01. The SMILES string of the molecule is CCNCC=Cc1cccc2cccnc12. The van der Waals surface area contributed by atoms with E-state index in [4.69, 9.17) is 0 Å². The van der Waals surface area contributed by atoms with Crippen LogP contribution in [0.25, 0.3) is 17.0 Å². The van der Waals surface area contributed by atoms with Crippen molar-refractivity contribution in [3.63, 3.8) is 0 Å². The Balaban J connectivity index is 2.27. The van der Waals surface area contributed by atoms with E-state index in [9.17, 15) is 0 Å².